The van der Waals surface area contributed by atoms with Gasteiger partial charge in [-0.25, -0.2) is 15.0 Å². The van der Waals surface area contributed by atoms with Gasteiger partial charge in [0.05, 0.1) is 10.7 Å². The third kappa shape index (κ3) is 2.10. The standard InChI is InChI=1S/C11H10N4S2/c1-7-2-3-8-9(6-7)15-11(16,14-8)17-10-12-4-5-13-10/h2-6,16H,1H3,(H,12,13). The highest BCUT2D eigenvalue weighted by Gasteiger charge is 2.29. The molecule has 0 spiro atoms. The molecule has 2 aromatic rings. The number of nitrogens with one attached hydrogen (secondary N) is 1. The molecule has 1 aromatic carbocycles. The Bertz CT molecular complexity index is 665. The van der Waals surface area contributed by atoms with Crippen molar-refractivity contribution in [2.24, 2.45) is 9.98 Å². The van der Waals surface area contributed by atoms with Crippen LogP contribution in [0.1, 0.15) is 5.56 Å². The van der Waals surface area contributed by atoms with E-state index in [0.29, 0.717) is 0 Å². The molecule has 0 bridgehead atoms. The molecule has 0 saturated heterocycles. The van der Waals surface area contributed by atoms with E-state index in [1.165, 1.54) is 17.3 Å². The molecule has 2 heterocycles. The summed E-state index contributed by atoms with van der Waals surface area (Å²) in [5, 5.41) is 2.53. The average molecular weight is 262 g/mol. The summed E-state index contributed by atoms with van der Waals surface area (Å²) < 4.78 is -0.812. The minimum absolute atomic E-state index is 0.761. The first-order valence-corrected chi connectivity index (χ1v) is 6.38. The molecule has 1 N–H and O–H groups in total. The van der Waals surface area contributed by atoms with Gasteiger partial charge in [-0.1, -0.05) is 6.07 Å². The van der Waals surface area contributed by atoms with E-state index >= 15 is 0 Å². The molecule has 0 fully saturated rings. The van der Waals surface area contributed by atoms with E-state index in [1.54, 1.807) is 12.4 Å². The van der Waals surface area contributed by atoms with Crippen LogP contribution in [-0.2, 0) is 0 Å². The summed E-state index contributed by atoms with van der Waals surface area (Å²) >= 11 is 5.90. The molecule has 17 heavy (non-hydrogen) atoms. The van der Waals surface area contributed by atoms with Crippen LogP contribution in [0.5, 0.6) is 0 Å². The summed E-state index contributed by atoms with van der Waals surface area (Å²) in [4.78, 5) is 16.2. The van der Waals surface area contributed by atoms with Crippen molar-refractivity contribution in [2.75, 3.05) is 0 Å². The number of aromatic amines is 1. The molecule has 3 rings (SSSR count). The van der Waals surface area contributed by atoms with Gasteiger partial charge in [0.2, 0.25) is 0 Å². The fourth-order valence-electron chi connectivity index (χ4n) is 1.64. The SMILES string of the molecule is Cc1ccc2c(c1)=NC(S)(Sc1ncc[nH]1)N=2. The summed E-state index contributed by atoms with van der Waals surface area (Å²) in [6.45, 7) is 2.04. The fourth-order valence-corrected chi connectivity index (χ4v) is 2.90. The van der Waals surface area contributed by atoms with Crippen LogP contribution in [0, 0.1) is 6.92 Å². The van der Waals surface area contributed by atoms with E-state index in [9.17, 15) is 0 Å². The van der Waals surface area contributed by atoms with E-state index in [1.807, 2.05) is 25.1 Å². The number of fused-ring (bicyclic) bond motifs is 1. The van der Waals surface area contributed by atoms with Crippen LogP contribution in [0.4, 0.5) is 0 Å². The average Bonchev–Trinajstić information content (AvgIpc) is 2.84. The highest BCUT2D eigenvalue weighted by Crippen LogP contribution is 2.36. The van der Waals surface area contributed by atoms with Crippen LogP contribution in [0.2, 0.25) is 0 Å². The number of aromatic nitrogens is 2. The second-order valence-electron chi connectivity index (χ2n) is 3.79. The summed E-state index contributed by atoms with van der Waals surface area (Å²) in [6.07, 6.45) is 3.47. The van der Waals surface area contributed by atoms with Crippen molar-refractivity contribution in [1.29, 1.82) is 0 Å². The topological polar surface area (TPSA) is 53.4 Å². The van der Waals surface area contributed by atoms with Crippen molar-refractivity contribution >= 4 is 24.4 Å². The fraction of sp³-hybridized carbons (Fsp3) is 0.182. The monoisotopic (exact) mass is 262 g/mol. The van der Waals surface area contributed by atoms with Crippen LogP contribution >= 0.6 is 24.4 Å². The van der Waals surface area contributed by atoms with Crippen molar-refractivity contribution in [1.82, 2.24) is 9.97 Å². The third-order valence-electron chi connectivity index (χ3n) is 2.37. The van der Waals surface area contributed by atoms with Gasteiger partial charge in [-0.2, -0.15) is 0 Å². The number of hydrogen-bond donors (Lipinski definition) is 2. The van der Waals surface area contributed by atoms with Gasteiger partial charge in [0.1, 0.15) is 0 Å². The second kappa shape index (κ2) is 3.89. The molecule has 0 aliphatic carbocycles. The van der Waals surface area contributed by atoms with E-state index in [-0.39, 0.29) is 0 Å². The minimum atomic E-state index is -0.812. The van der Waals surface area contributed by atoms with Crippen LogP contribution in [0.25, 0.3) is 0 Å². The van der Waals surface area contributed by atoms with Gasteiger partial charge in [-0.05, 0) is 36.4 Å². The van der Waals surface area contributed by atoms with E-state index in [2.05, 4.69) is 32.6 Å². The maximum Gasteiger partial charge on any atom is 0.251 e. The molecule has 1 aromatic heterocycles. The number of thioether (sulfide) groups is 1. The van der Waals surface area contributed by atoms with Gasteiger partial charge in [-0.3, -0.25) is 0 Å². The number of hydrogen-bond acceptors (Lipinski definition) is 5. The Morgan fingerprint density at radius 3 is 2.88 bits per heavy atom. The van der Waals surface area contributed by atoms with Crippen LogP contribution in [0.3, 0.4) is 0 Å². The predicted molar refractivity (Wildman–Crippen MR) is 69.7 cm³/mol. The van der Waals surface area contributed by atoms with E-state index in [4.69, 9.17) is 0 Å². The van der Waals surface area contributed by atoms with Crippen molar-refractivity contribution in [3.8, 4) is 0 Å². The van der Waals surface area contributed by atoms with Crippen LogP contribution in [-0.4, -0.2) is 14.3 Å². The van der Waals surface area contributed by atoms with Crippen molar-refractivity contribution in [2.45, 2.75) is 16.4 Å². The number of nitrogens with zero attached hydrogens (tertiary/aromatic N) is 3. The third-order valence-corrected chi connectivity index (χ3v) is 3.72. The van der Waals surface area contributed by atoms with Crippen molar-refractivity contribution in [3.05, 3.63) is 46.9 Å². The lowest BCUT2D eigenvalue weighted by Crippen LogP contribution is -2.20. The molecule has 0 radical (unpaired) electrons. The number of benzene rings is 1. The summed E-state index contributed by atoms with van der Waals surface area (Å²) in [5.74, 6) is 0. The maximum absolute atomic E-state index is 4.52. The zero-order chi connectivity index (χ0) is 11.9. The van der Waals surface area contributed by atoms with Gasteiger partial charge < -0.3 is 4.98 Å². The van der Waals surface area contributed by atoms with E-state index < -0.39 is 4.33 Å². The lowest BCUT2D eigenvalue weighted by Gasteiger charge is -2.12. The predicted octanol–water partition coefficient (Wildman–Crippen LogP) is 1.30. The lowest BCUT2D eigenvalue weighted by atomic mass is 10.2. The van der Waals surface area contributed by atoms with Gasteiger partial charge in [-0.15, -0.1) is 12.6 Å². The largest absolute Gasteiger partial charge is 0.340 e. The first-order chi connectivity index (χ1) is 8.15. The Morgan fingerprint density at radius 2 is 2.12 bits per heavy atom. The molecular formula is C11H10N4S2. The molecule has 0 amide bonds. The first kappa shape index (κ1) is 10.9. The summed E-state index contributed by atoms with van der Waals surface area (Å²) in [7, 11) is 0. The number of rotatable bonds is 2. The first-order valence-electron chi connectivity index (χ1n) is 5.12. The molecule has 4 nitrogen and oxygen atoms in total. The smallest absolute Gasteiger partial charge is 0.251 e. The minimum Gasteiger partial charge on any atom is -0.340 e. The van der Waals surface area contributed by atoms with Crippen molar-refractivity contribution < 1.29 is 0 Å². The Labute approximate surface area is 108 Å². The Balaban J connectivity index is 2.02. The molecule has 0 saturated carbocycles. The van der Waals surface area contributed by atoms with Crippen LogP contribution in [0.15, 0.2) is 45.7 Å². The van der Waals surface area contributed by atoms with E-state index in [0.717, 1.165) is 15.9 Å². The Morgan fingerprint density at radius 1 is 1.29 bits per heavy atom. The molecule has 1 atom stereocenters. The second-order valence-corrected chi connectivity index (χ2v) is 5.87. The zero-order valence-electron chi connectivity index (χ0n) is 9.08. The highest BCUT2D eigenvalue weighted by atomic mass is 32.2. The number of imidazole rings is 1. The summed E-state index contributed by atoms with van der Waals surface area (Å²) in [6, 6.07) is 6.00. The molecule has 1 aliphatic rings. The summed E-state index contributed by atoms with van der Waals surface area (Å²) in [5.41, 5.74) is 1.17. The van der Waals surface area contributed by atoms with Gasteiger partial charge in [0, 0.05) is 12.4 Å². The van der Waals surface area contributed by atoms with Gasteiger partial charge in [0.25, 0.3) is 4.33 Å². The number of thiol groups is 1. The molecule has 1 unspecified atom stereocenters. The number of H-pyrrole nitrogens is 1. The Kier molecular flexibility index (Phi) is 2.48. The highest BCUT2D eigenvalue weighted by molar-refractivity contribution is 8.11. The molecule has 6 heteroatoms. The molecular weight excluding hydrogens is 252 g/mol. The van der Waals surface area contributed by atoms with Crippen LogP contribution < -0.4 is 10.7 Å². The maximum atomic E-state index is 4.52. The van der Waals surface area contributed by atoms with Gasteiger partial charge >= 0.3 is 0 Å². The number of aryl methyl sites for hydroxylation is 1. The normalized spacial score (nSPS) is 21.8. The lowest BCUT2D eigenvalue weighted by molar-refractivity contribution is 0.898. The molecule has 86 valence electrons. The van der Waals surface area contributed by atoms with Crippen molar-refractivity contribution in [3.63, 3.8) is 0 Å². The molecule has 1 aliphatic heterocycles. The zero-order valence-corrected chi connectivity index (χ0v) is 10.8. The quantitative estimate of drug-likeness (QED) is 0.633. The Hall–Kier alpha value is -1.27. The van der Waals surface area contributed by atoms with Gasteiger partial charge in [0.15, 0.2) is 5.16 Å².